The van der Waals surface area contributed by atoms with E-state index in [1.54, 1.807) is 6.08 Å². The summed E-state index contributed by atoms with van der Waals surface area (Å²) in [7, 11) is 4.06. The first-order valence-corrected chi connectivity index (χ1v) is 8.36. The van der Waals surface area contributed by atoms with Crippen LogP contribution in [-0.4, -0.2) is 60.3 Å². The molecule has 2 atom stereocenters. The molecule has 0 aromatic heterocycles. The summed E-state index contributed by atoms with van der Waals surface area (Å²) in [5, 5.41) is 15.6. The lowest BCUT2D eigenvalue weighted by Crippen LogP contribution is -2.29. The Hall–Kier alpha value is -2.93. The number of hydrogen-bond donors (Lipinski definition) is 2. The molecular weight excluding hydrogens is 350 g/mol. The van der Waals surface area contributed by atoms with E-state index in [1.165, 1.54) is 0 Å². The van der Waals surface area contributed by atoms with Crippen LogP contribution >= 0.6 is 0 Å². The van der Waals surface area contributed by atoms with E-state index >= 15 is 0 Å². The van der Waals surface area contributed by atoms with E-state index in [-0.39, 0.29) is 12.6 Å². The molecule has 1 aromatic carbocycles. The second-order valence-corrected chi connectivity index (χ2v) is 6.40. The normalized spacial score (nSPS) is 20.5. The summed E-state index contributed by atoms with van der Waals surface area (Å²) in [6, 6.07) is 9.96. The molecule has 0 saturated heterocycles. The van der Waals surface area contributed by atoms with Gasteiger partial charge in [-0.2, -0.15) is 0 Å². The first-order chi connectivity index (χ1) is 12.7. The van der Waals surface area contributed by atoms with Crippen molar-refractivity contribution in [2.24, 2.45) is 5.92 Å². The van der Waals surface area contributed by atoms with Crippen LogP contribution in [0.2, 0.25) is 0 Å². The molecule has 146 valence electrons. The van der Waals surface area contributed by atoms with E-state index in [0.717, 1.165) is 18.5 Å². The van der Waals surface area contributed by atoms with E-state index in [2.05, 4.69) is 11.5 Å². The maximum Gasteiger partial charge on any atom is 0.328 e. The molecule has 1 fully saturated rings. The number of hydrogen-bond acceptors (Lipinski definition) is 5. The molecule has 1 aliphatic rings. The molecule has 2 unspecified atom stereocenters. The van der Waals surface area contributed by atoms with E-state index in [1.807, 2.05) is 44.4 Å². The van der Waals surface area contributed by atoms with Crippen LogP contribution in [0.3, 0.4) is 0 Å². The van der Waals surface area contributed by atoms with Gasteiger partial charge in [0, 0.05) is 18.7 Å². The molecule has 1 aliphatic carbocycles. The third-order valence-corrected chi connectivity index (χ3v) is 4.04. The van der Waals surface area contributed by atoms with Gasteiger partial charge < -0.3 is 19.8 Å². The highest BCUT2D eigenvalue weighted by Crippen LogP contribution is 2.55. The largest absolute Gasteiger partial charge is 0.478 e. The predicted molar refractivity (Wildman–Crippen MR) is 100 cm³/mol. The fourth-order valence-corrected chi connectivity index (χ4v) is 2.85. The number of carbonyl (C=O) groups excluding carboxylic acids is 1. The van der Waals surface area contributed by atoms with Gasteiger partial charge in [0.15, 0.2) is 0 Å². The number of carboxylic acids is 2. The minimum Gasteiger partial charge on any atom is -0.478 e. The quantitative estimate of drug-likeness (QED) is 0.406. The van der Waals surface area contributed by atoms with Crippen molar-refractivity contribution in [1.82, 2.24) is 4.90 Å². The summed E-state index contributed by atoms with van der Waals surface area (Å²) in [5.74, 6) is -2.30. The van der Waals surface area contributed by atoms with Gasteiger partial charge in [0.2, 0.25) is 0 Å². The fraction of sp³-hybridized carbons (Fsp3) is 0.350. The second kappa shape index (κ2) is 10.3. The van der Waals surface area contributed by atoms with Crippen LogP contribution in [0, 0.1) is 5.92 Å². The van der Waals surface area contributed by atoms with Crippen LogP contribution in [0.25, 0.3) is 0 Å². The predicted octanol–water partition coefficient (Wildman–Crippen LogP) is 1.95. The Morgan fingerprint density at radius 1 is 1.19 bits per heavy atom. The van der Waals surface area contributed by atoms with Gasteiger partial charge in [-0.25, -0.2) is 9.59 Å². The van der Waals surface area contributed by atoms with Crippen LogP contribution in [0.5, 0.6) is 0 Å². The lowest BCUT2D eigenvalue weighted by Gasteiger charge is -2.18. The molecule has 27 heavy (non-hydrogen) atoms. The van der Waals surface area contributed by atoms with Gasteiger partial charge in [-0.3, -0.25) is 4.79 Å². The zero-order valence-electron chi connectivity index (χ0n) is 15.5. The Bertz CT molecular complexity index is 682. The van der Waals surface area contributed by atoms with Crippen molar-refractivity contribution in [1.29, 1.82) is 0 Å². The lowest BCUT2D eigenvalue weighted by atomic mass is 9.93. The van der Waals surface area contributed by atoms with Gasteiger partial charge in [0.25, 0.3) is 0 Å². The Morgan fingerprint density at radius 3 is 2.19 bits per heavy atom. The van der Waals surface area contributed by atoms with Gasteiger partial charge in [-0.1, -0.05) is 43.0 Å². The van der Waals surface area contributed by atoms with Crippen molar-refractivity contribution >= 4 is 17.9 Å². The fourth-order valence-electron chi connectivity index (χ4n) is 2.85. The molecule has 0 radical (unpaired) electrons. The number of carbonyl (C=O) groups is 3. The van der Waals surface area contributed by atoms with Crippen molar-refractivity contribution in [3.63, 3.8) is 0 Å². The summed E-state index contributed by atoms with van der Waals surface area (Å²) >= 11 is 0. The number of nitrogens with zero attached hydrogens (tertiary/aromatic N) is 1. The summed E-state index contributed by atoms with van der Waals surface area (Å²) < 4.78 is 5.31. The van der Waals surface area contributed by atoms with Gasteiger partial charge in [-0.15, -0.1) is 0 Å². The first-order valence-electron chi connectivity index (χ1n) is 8.36. The molecule has 0 bridgehead atoms. The van der Waals surface area contributed by atoms with Crippen molar-refractivity contribution in [3.8, 4) is 0 Å². The van der Waals surface area contributed by atoms with Crippen LogP contribution < -0.4 is 0 Å². The zero-order chi connectivity index (χ0) is 20.4. The Morgan fingerprint density at radius 2 is 1.74 bits per heavy atom. The van der Waals surface area contributed by atoms with E-state index in [9.17, 15) is 14.4 Å². The van der Waals surface area contributed by atoms with Gasteiger partial charge >= 0.3 is 17.9 Å². The van der Waals surface area contributed by atoms with Crippen LogP contribution in [0.1, 0.15) is 12.0 Å². The van der Waals surface area contributed by atoms with Crippen LogP contribution in [-0.2, 0) is 24.5 Å². The van der Waals surface area contributed by atoms with Gasteiger partial charge in [0.05, 0.1) is 5.41 Å². The van der Waals surface area contributed by atoms with Crippen molar-refractivity contribution in [2.45, 2.75) is 11.8 Å². The lowest BCUT2D eigenvalue weighted by molar-refractivity contribution is -0.146. The topological polar surface area (TPSA) is 104 Å². The molecule has 0 amide bonds. The molecule has 7 nitrogen and oxygen atoms in total. The highest BCUT2D eigenvalue weighted by atomic mass is 16.5. The molecule has 0 heterocycles. The third kappa shape index (κ3) is 6.71. The Labute approximate surface area is 158 Å². The smallest absolute Gasteiger partial charge is 0.328 e. The first kappa shape index (κ1) is 22.1. The van der Waals surface area contributed by atoms with E-state index in [0.29, 0.717) is 18.1 Å². The standard InChI is InChI=1S/C16H21NO2.C4H4O4/c1-4-10-19-15(18)16(11-14(16)12-17(2)3)13-8-6-5-7-9-13;5-3(6)1-2-4(7)8/h4-9,14H,1,10-12H2,2-3H3;1-2H,(H,5,6)(H,7,8)/b;2-1-. The Kier molecular flexibility index (Phi) is 8.41. The molecule has 7 heteroatoms. The molecule has 0 aliphatic heterocycles. The van der Waals surface area contributed by atoms with Crippen molar-refractivity contribution < 1.29 is 29.3 Å². The summed E-state index contributed by atoms with van der Waals surface area (Å²) in [6.45, 7) is 4.77. The molecule has 1 aromatic rings. The second-order valence-electron chi connectivity index (χ2n) is 6.40. The molecule has 2 rings (SSSR count). The van der Waals surface area contributed by atoms with Gasteiger partial charge in [-0.05, 0) is 32.0 Å². The molecular formula is C20H25NO6. The van der Waals surface area contributed by atoms with Crippen LogP contribution in [0.15, 0.2) is 55.1 Å². The summed E-state index contributed by atoms with van der Waals surface area (Å²) in [5.41, 5.74) is 0.616. The average Bonchev–Trinajstić information content (AvgIpc) is 3.33. The maximum absolute atomic E-state index is 12.4. The monoisotopic (exact) mass is 375 g/mol. The minimum atomic E-state index is -1.26. The SMILES string of the molecule is C=CCOC(=O)C1(c2ccccc2)CC1CN(C)C.O=C(O)/C=C\C(=O)O. The highest BCUT2D eigenvalue weighted by Gasteiger charge is 2.62. The summed E-state index contributed by atoms with van der Waals surface area (Å²) in [4.78, 5) is 33.6. The van der Waals surface area contributed by atoms with E-state index in [4.69, 9.17) is 14.9 Å². The van der Waals surface area contributed by atoms with E-state index < -0.39 is 17.4 Å². The maximum atomic E-state index is 12.4. The molecule has 0 spiro atoms. The van der Waals surface area contributed by atoms with Crippen molar-refractivity contribution in [2.75, 3.05) is 27.2 Å². The van der Waals surface area contributed by atoms with Crippen LogP contribution in [0.4, 0.5) is 0 Å². The van der Waals surface area contributed by atoms with Crippen molar-refractivity contribution in [3.05, 3.63) is 60.7 Å². The number of benzene rings is 1. The zero-order valence-corrected chi connectivity index (χ0v) is 15.5. The molecule has 2 N–H and O–H groups in total. The molecule has 1 saturated carbocycles. The highest BCUT2D eigenvalue weighted by molar-refractivity contribution is 5.89. The summed E-state index contributed by atoms with van der Waals surface area (Å²) in [6.07, 6.45) is 3.59. The van der Waals surface area contributed by atoms with Gasteiger partial charge in [0.1, 0.15) is 6.61 Å². The number of rotatable bonds is 8. The number of ether oxygens (including phenoxy) is 1. The number of carboxylic acid groups (broad SMARTS) is 2. The minimum absolute atomic E-state index is 0.120. The number of esters is 1. The third-order valence-electron chi connectivity index (χ3n) is 4.04. The number of aliphatic carboxylic acids is 2. The average molecular weight is 375 g/mol. The Balaban J connectivity index is 0.000000387.